The summed E-state index contributed by atoms with van der Waals surface area (Å²) in [5.41, 5.74) is 1.13. The first kappa shape index (κ1) is 19.4. The van der Waals surface area contributed by atoms with Crippen molar-refractivity contribution in [2.75, 3.05) is 24.7 Å². The molecule has 32 heavy (non-hydrogen) atoms. The van der Waals surface area contributed by atoms with Crippen LogP contribution in [0.25, 0.3) is 11.1 Å². The number of carbonyl (C=O) groups excluding carboxylic acids is 1. The standard InChI is InChI=1S/C22H18FN5O3S/c23-19-6-14(28-8-15(31-21(28)29)7-27-4-3-25-26-27)1-2-16(19)13-5-20(32-11-13)22(12-24)17-9-30-10-18(17)22/h1-6,11,15,17-18H,7-10H2/t15-,17-,18+,22?/m0/s1. The van der Waals surface area contributed by atoms with Crippen LogP contribution in [-0.2, 0) is 21.4 Å². The number of cyclic esters (lactones) is 1. The van der Waals surface area contributed by atoms with Crippen LogP contribution < -0.4 is 4.90 Å². The lowest BCUT2D eigenvalue weighted by molar-refractivity contribution is 0.129. The van der Waals surface area contributed by atoms with Gasteiger partial charge in [0.2, 0.25) is 0 Å². The van der Waals surface area contributed by atoms with Gasteiger partial charge in [0.05, 0.1) is 44.3 Å². The predicted octanol–water partition coefficient (Wildman–Crippen LogP) is 3.21. The molecule has 1 saturated carbocycles. The van der Waals surface area contributed by atoms with Gasteiger partial charge in [-0.1, -0.05) is 5.21 Å². The van der Waals surface area contributed by atoms with Gasteiger partial charge in [-0.15, -0.1) is 16.4 Å². The first-order chi connectivity index (χ1) is 15.6. The van der Waals surface area contributed by atoms with Gasteiger partial charge in [0, 0.05) is 28.5 Å². The maximum absolute atomic E-state index is 15.1. The number of carbonyl (C=O) groups is 1. The number of fused-ring (bicyclic) bond motifs is 1. The molecule has 2 aliphatic heterocycles. The quantitative estimate of drug-likeness (QED) is 0.591. The minimum atomic E-state index is -0.515. The number of ether oxygens (including phenoxy) is 2. The molecule has 6 rings (SSSR count). The fraction of sp³-hybridized carbons (Fsp3) is 0.364. The Morgan fingerprint density at radius 3 is 2.88 bits per heavy atom. The molecular weight excluding hydrogens is 433 g/mol. The van der Waals surface area contributed by atoms with E-state index in [2.05, 4.69) is 16.4 Å². The molecule has 0 radical (unpaired) electrons. The lowest BCUT2D eigenvalue weighted by Crippen LogP contribution is -2.26. The van der Waals surface area contributed by atoms with E-state index in [9.17, 15) is 10.1 Å². The SMILES string of the molecule is N#CC1(c2cc(-c3ccc(N4C[C@H](Cn5ccnn5)OC4=O)cc3F)cs2)[C@@H]2COC[C@@H]21. The third-order valence-electron chi connectivity index (χ3n) is 6.65. The summed E-state index contributed by atoms with van der Waals surface area (Å²) in [5, 5.41) is 19.3. The van der Waals surface area contributed by atoms with Crippen molar-refractivity contribution < 1.29 is 18.7 Å². The summed E-state index contributed by atoms with van der Waals surface area (Å²) in [6.07, 6.45) is 2.34. The predicted molar refractivity (Wildman–Crippen MR) is 112 cm³/mol. The number of hydrogen-bond donors (Lipinski definition) is 0. The lowest BCUT2D eigenvalue weighted by atomic mass is 9.98. The lowest BCUT2D eigenvalue weighted by Gasteiger charge is -2.14. The molecule has 1 amide bonds. The van der Waals surface area contributed by atoms with Crippen molar-refractivity contribution in [3.05, 3.63) is 52.7 Å². The summed E-state index contributed by atoms with van der Waals surface area (Å²) in [4.78, 5) is 14.7. The van der Waals surface area contributed by atoms with E-state index in [-0.39, 0.29) is 11.8 Å². The van der Waals surface area contributed by atoms with Gasteiger partial charge in [0.25, 0.3) is 0 Å². The number of aromatic nitrogens is 3. The molecule has 8 nitrogen and oxygen atoms in total. The number of anilines is 1. The zero-order chi connectivity index (χ0) is 21.9. The van der Waals surface area contributed by atoms with Crippen molar-refractivity contribution in [1.29, 1.82) is 5.26 Å². The maximum atomic E-state index is 15.1. The van der Waals surface area contributed by atoms with Crippen LogP contribution in [0.15, 0.2) is 42.0 Å². The fourth-order valence-electron chi connectivity index (χ4n) is 4.91. The van der Waals surface area contributed by atoms with Crippen LogP contribution in [0.3, 0.4) is 0 Å². The van der Waals surface area contributed by atoms with Gasteiger partial charge in [-0.3, -0.25) is 4.90 Å². The summed E-state index contributed by atoms with van der Waals surface area (Å²) >= 11 is 1.49. The van der Waals surface area contributed by atoms with Crippen LogP contribution in [0.4, 0.5) is 14.9 Å². The number of nitriles is 1. The smallest absolute Gasteiger partial charge is 0.414 e. The van der Waals surface area contributed by atoms with Gasteiger partial charge in [0.15, 0.2) is 0 Å². The van der Waals surface area contributed by atoms with Crippen molar-refractivity contribution in [2.24, 2.45) is 11.8 Å². The average Bonchev–Trinajstić information content (AvgIpc) is 3.45. The van der Waals surface area contributed by atoms with Crippen LogP contribution in [0.1, 0.15) is 4.88 Å². The van der Waals surface area contributed by atoms with Gasteiger partial charge in [-0.25, -0.2) is 13.9 Å². The molecule has 3 fully saturated rings. The topological polar surface area (TPSA) is 93.3 Å². The second-order valence-electron chi connectivity index (χ2n) is 8.34. The number of hydrogen-bond acceptors (Lipinski definition) is 7. The van der Waals surface area contributed by atoms with Gasteiger partial charge in [0.1, 0.15) is 17.3 Å². The Labute approximate surface area is 186 Å². The van der Waals surface area contributed by atoms with Crippen molar-refractivity contribution in [2.45, 2.75) is 18.1 Å². The zero-order valence-electron chi connectivity index (χ0n) is 16.8. The Morgan fingerprint density at radius 2 is 2.16 bits per heavy atom. The Kier molecular flexibility index (Phi) is 4.31. The van der Waals surface area contributed by atoms with Gasteiger partial charge < -0.3 is 9.47 Å². The van der Waals surface area contributed by atoms with E-state index in [1.54, 1.807) is 29.2 Å². The first-order valence-electron chi connectivity index (χ1n) is 10.3. The Hall–Kier alpha value is -3.29. The number of amides is 1. The van der Waals surface area contributed by atoms with E-state index in [0.717, 1.165) is 10.4 Å². The molecular formula is C22H18FN5O3S. The summed E-state index contributed by atoms with van der Waals surface area (Å²) < 4.78 is 27.5. The van der Waals surface area contributed by atoms with E-state index < -0.39 is 23.4 Å². The zero-order valence-corrected chi connectivity index (χ0v) is 17.7. The molecule has 162 valence electrons. The molecule has 1 aliphatic carbocycles. The van der Waals surface area contributed by atoms with Gasteiger partial charge in [-0.05, 0) is 35.2 Å². The Bertz CT molecular complexity index is 1230. The van der Waals surface area contributed by atoms with Crippen molar-refractivity contribution in [3.63, 3.8) is 0 Å². The molecule has 2 saturated heterocycles. The molecule has 3 aromatic rings. The molecule has 0 bridgehead atoms. The Morgan fingerprint density at radius 1 is 1.31 bits per heavy atom. The average molecular weight is 451 g/mol. The highest BCUT2D eigenvalue weighted by Gasteiger charge is 2.69. The Balaban J connectivity index is 1.21. The fourth-order valence-corrected chi connectivity index (χ4v) is 6.10. The highest BCUT2D eigenvalue weighted by atomic mass is 32.1. The molecule has 0 spiro atoms. The summed E-state index contributed by atoms with van der Waals surface area (Å²) in [6.45, 7) is 1.90. The van der Waals surface area contributed by atoms with E-state index in [0.29, 0.717) is 37.6 Å². The largest absolute Gasteiger partial charge is 0.442 e. The molecule has 4 atom stereocenters. The number of thiophene rings is 1. The third-order valence-corrected chi connectivity index (χ3v) is 7.73. The van der Waals surface area contributed by atoms with Crippen LogP contribution >= 0.6 is 11.3 Å². The summed E-state index contributed by atoms with van der Waals surface area (Å²) in [5.74, 6) is 0.0421. The van der Waals surface area contributed by atoms with Gasteiger partial charge >= 0.3 is 6.09 Å². The van der Waals surface area contributed by atoms with Crippen LogP contribution in [-0.4, -0.2) is 46.9 Å². The first-order valence-corrected chi connectivity index (χ1v) is 11.2. The van der Waals surface area contributed by atoms with Crippen LogP contribution in [0.5, 0.6) is 0 Å². The second kappa shape index (κ2) is 7.12. The highest BCUT2D eigenvalue weighted by Crippen LogP contribution is 2.64. The molecule has 4 heterocycles. The minimum absolute atomic E-state index is 0.234. The summed E-state index contributed by atoms with van der Waals surface area (Å²) in [6, 6.07) is 9.15. The molecule has 0 N–H and O–H groups in total. The van der Waals surface area contributed by atoms with E-state index in [1.807, 2.05) is 11.4 Å². The van der Waals surface area contributed by atoms with Crippen LogP contribution in [0.2, 0.25) is 0 Å². The number of rotatable bonds is 5. The van der Waals surface area contributed by atoms with E-state index in [4.69, 9.17) is 9.47 Å². The number of halogens is 1. The summed E-state index contributed by atoms with van der Waals surface area (Å²) in [7, 11) is 0. The molecule has 2 aromatic heterocycles. The van der Waals surface area contributed by atoms with Crippen molar-refractivity contribution >= 4 is 23.1 Å². The monoisotopic (exact) mass is 451 g/mol. The maximum Gasteiger partial charge on any atom is 0.414 e. The van der Waals surface area contributed by atoms with Gasteiger partial charge in [-0.2, -0.15) is 5.26 Å². The molecule has 1 unspecified atom stereocenters. The van der Waals surface area contributed by atoms with Crippen molar-refractivity contribution in [1.82, 2.24) is 15.0 Å². The van der Waals surface area contributed by atoms with E-state index in [1.165, 1.54) is 22.3 Å². The third kappa shape index (κ3) is 2.85. The molecule has 10 heteroatoms. The number of benzene rings is 1. The number of nitrogens with zero attached hydrogens (tertiary/aromatic N) is 5. The molecule has 1 aromatic carbocycles. The minimum Gasteiger partial charge on any atom is -0.442 e. The highest BCUT2D eigenvalue weighted by molar-refractivity contribution is 7.10. The normalized spacial score (nSPS) is 28.4. The van der Waals surface area contributed by atoms with Crippen molar-refractivity contribution in [3.8, 4) is 17.2 Å². The van der Waals surface area contributed by atoms with E-state index >= 15 is 4.39 Å². The van der Waals surface area contributed by atoms with Crippen LogP contribution in [0, 0.1) is 29.0 Å². The molecule has 3 aliphatic rings. The second-order valence-corrected chi connectivity index (χ2v) is 9.25.